The van der Waals surface area contributed by atoms with Crippen LogP contribution < -0.4 is 4.90 Å². The molecule has 0 radical (unpaired) electrons. The van der Waals surface area contributed by atoms with Crippen molar-refractivity contribution in [3.8, 4) is 0 Å². The number of anilines is 1. The van der Waals surface area contributed by atoms with Gasteiger partial charge in [0.25, 0.3) is 5.91 Å². The topological polar surface area (TPSA) is 62.5 Å². The Morgan fingerprint density at radius 3 is 2.70 bits per heavy atom. The van der Waals surface area contributed by atoms with Crippen molar-refractivity contribution in [3.05, 3.63) is 41.7 Å². The third-order valence-corrected chi connectivity index (χ3v) is 3.51. The summed E-state index contributed by atoms with van der Waals surface area (Å²) in [6.45, 7) is 5.08. The van der Waals surface area contributed by atoms with Gasteiger partial charge in [0.05, 0.1) is 0 Å². The monoisotopic (exact) mass is 272 g/mol. The van der Waals surface area contributed by atoms with Gasteiger partial charge in [-0.2, -0.15) is 0 Å². The molecule has 1 aliphatic rings. The molecule has 20 heavy (non-hydrogen) atoms. The molecule has 0 unspecified atom stereocenters. The van der Waals surface area contributed by atoms with E-state index in [0.717, 1.165) is 13.1 Å². The van der Waals surface area contributed by atoms with E-state index in [4.69, 9.17) is 0 Å². The number of hydrogen-bond donors (Lipinski definition) is 0. The van der Waals surface area contributed by atoms with Crippen LogP contribution >= 0.6 is 0 Å². The molecule has 2 aromatic rings. The quantitative estimate of drug-likeness (QED) is 0.825. The van der Waals surface area contributed by atoms with Crippen LogP contribution in [0.2, 0.25) is 0 Å². The fourth-order valence-electron chi connectivity index (χ4n) is 2.41. The number of piperazine rings is 1. The predicted molar refractivity (Wildman–Crippen MR) is 73.6 cm³/mol. The van der Waals surface area contributed by atoms with E-state index >= 15 is 0 Å². The number of aromatic nitrogens is 2. The summed E-state index contributed by atoms with van der Waals surface area (Å²) >= 11 is 0. The molecule has 1 aromatic heterocycles. The van der Waals surface area contributed by atoms with Crippen molar-refractivity contribution in [1.82, 2.24) is 15.2 Å². The van der Waals surface area contributed by atoms with Crippen LogP contribution in [0.1, 0.15) is 16.1 Å². The maximum absolute atomic E-state index is 12.1. The van der Waals surface area contributed by atoms with Crippen molar-refractivity contribution in [2.75, 3.05) is 31.1 Å². The molecule has 0 spiro atoms. The lowest BCUT2D eigenvalue weighted by Crippen LogP contribution is -2.48. The summed E-state index contributed by atoms with van der Waals surface area (Å²) in [5.41, 5.74) is 2.73. The number of carbonyl (C=O) groups excluding carboxylic acids is 1. The highest BCUT2D eigenvalue weighted by Crippen LogP contribution is 2.18. The minimum absolute atomic E-state index is 0.116. The summed E-state index contributed by atoms with van der Waals surface area (Å²) in [6, 6.07) is 8.41. The second-order valence-corrected chi connectivity index (χ2v) is 4.91. The van der Waals surface area contributed by atoms with E-state index in [1.54, 1.807) is 4.90 Å². The molecule has 1 saturated heterocycles. The van der Waals surface area contributed by atoms with E-state index in [-0.39, 0.29) is 11.6 Å². The first-order valence-electron chi connectivity index (χ1n) is 6.62. The number of aryl methyl sites for hydroxylation is 1. The third kappa shape index (κ3) is 2.49. The number of nitrogens with zero attached hydrogens (tertiary/aromatic N) is 4. The molecule has 0 aliphatic carbocycles. The highest BCUT2D eigenvalue weighted by molar-refractivity contribution is 5.91. The molecule has 0 atom stereocenters. The minimum Gasteiger partial charge on any atom is -0.368 e. The largest absolute Gasteiger partial charge is 0.368 e. The van der Waals surface area contributed by atoms with E-state index in [1.165, 1.54) is 17.4 Å². The Kier molecular flexibility index (Phi) is 3.37. The van der Waals surface area contributed by atoms with Crippen LogP contribution in [0.3, 0.4) is 0 Å². The fraction of sp³-hybridized carbons (Fsp3) is 0.357. The van der Waals surface area contributed by atoms with E-state index in [0.29, 0.717) is 13.1 Å². The van der Waals surface area contributed by atoms with E-state index in [9.17, 15) is 4.79 Å². The first kappa shape index (κ1) is 12.7. The van der Waals surface area contributed by atoms with Crippen LogP contribution in [0.5, 0.6) is 0 Å². The van der Waals surface area contributed by atoms with Gasteiger partial charge in [-0.1, -0.05) is 17.3 Å². The lowest BCUT2D eigenvalue weighted by molar-refractivity contribution is 0.0735. The lowest BCUT2D eigenvalue weighted by Gasteiger charge is -2.35. The van der Waals surface area contributed by atoms with Gasteiger partial charge in [-0.15, -0.1) is 0 Å². The van der Waals surface area contributed by atoms with Gasteiger partial charge in [0, 0.05) is 31.9 Å². The highest BCUT2D eigenvalue weighted by Gasteiger charge is 2.24. The predicted octanol–water partition coefficient (Wildman–Crippen LogP) is 1.34. The van der Waals surface area contributed by atoms with Crippen LogP contribution in [0.4, 0.5) is 5.69 Å². The fourth-order valence-corrected chi connectivity index (χ4v) is 2.41. The number of rotatable bonds is 2. The van der Waals surface area contributed by atoms with Crippen molar-refractivity contribution in [3.63, 3.8) is 0 Å². The average molecular weight is 272 g/mol. The zero-order chi connectivity index (χ0) is 13.9. The molecule has 2 heterocycles. The molecule has 0 N–H and O–H groups in total. The summed E-state index contributed by atoms with van der Waals surface area (Å²) in [6.07, 6.45) is 1.36. The van der Waals surface area contributed by atoms with Crippen molar-refractivity contribution in [2.45, 2.75) is 6.92 Å². The maximum Gasteiger partial charge on any atom is 0.277 e. The van der Waals surface area contributed by atoms with Crippen molar-refractivity contribution in [2.24, 2.45) is 0 Å². The molecular formula is C14H16N4O2. The van der Waals surface area contributed by atoms with E-state index in [2.05, 4.69) is 51.0 Å². The normalized spacial score (nSPS) is 15.4. The Morgan fingerprint density at radius 2 is 2.05 bits per heavy atom. The number of carbonyl (C=O) groups is 1. The van der Waals surface area contributed by atoms with Gasteiger partial charge in [-0.3, -0.25) is 4.79 Å². The van der Waals surface area contributed by atoms with Gasteiger partial charge in [-0.25, -0.2) is 4.63 Å². The molecule has 6 heteroatoms. The van der Waals surface area contributed by atoms with Crippen molar-refractivity contribution >= 4 is 11.6 Å². The second kappa shape index (κ2) is 5.32. The molecule has 1 fully saturated rings. The maximum atomic E-state index is 12.1. The Hall–Kier alpha value is -2.37. The van der Waals surface area contributed by atoms with Crippen molar-refractivity contribution < 1.29 is 9.42 Å². The summed E-state index contributed by atoms with van der Waals surface area (Å²) in [7, 11) is 0. The highest BCUT2D eigenvalue weighted by atomic mass is 16.6. The molecule has 6 nitrogen and oxygen atoms in total. The van der Waals surface area contributed by atoms with Gasteiger partial charge >= 0.3 is 0 Å². The number of amides is 1. The molecule has 1 aromatic carbocycles. The van der Waals surface area contributed by atoms with Crippen LogP contribution in [-0.4, -0.2) is 47.3 Å². The zero-order valence-corrected chi connectivity index (χ0v) is 11.3. The molecule has 104 valence electrons. The van der Waals surface area contributed by atoms with Crippen LogP contribution in [0.25, 0.3) is 0 Å². The van der Waals surface area contributed by atoms with Gasteiger partial charge in [-0.05, 0) is 29.8 Å². The van der Waals surface area contributed by atoms with E-state index in [1.807, 2.05) is 0 Å². The van der Waals surface area contributed by atoms with Gasteiger partial charge < -0.3 is 9.80 Å². The van der Waals surface area contributed by atoms with Gasteiger partial charge in [0.15, 0.2) is 5.69 Å². The Balaban J connectivity index is 1.64. The summed E-state index contributed by atoms with van der Waals surface area (Å²) in [5, 5.41) is 7.06. The summed E-state index contributed by atoms with van der Waals surface area (Å²) < 4.78 is 4.47. The van der Waals surface area contributed by atoms with Crippen molar-refractivity contribution in [1.29, 1.82) is 0 Å². The Labute approximate surface area is 116 Å². The first-order chi connectivity index (χ1) is 9.74. The molecule has 0 saturated carbocycles. The third-order valence-electron chi connectivity index (χ3n) is 3.51. The van der Waals surface area contributed by atoms with E-state index < -0.39 is 0 Å². The Bertz CT molecular complexity index is 589. The lowest BCUT2D eigenvalue weighted by atomic mass is 10.2. The van der Waals surface area contributed by atoms with Crippen LogP contribution in [-0.2, 0) is 0 Å². The Morgan fingerprint density at radius 1 is 1.25 bits per heavy atom. The summed E-state index contributed by atoms with van der Waals surface area (Å²) in [5.74, 6) is -0.116. The number of hydrogen-bond acceptors (Lipinski definition) is 5. The van der Waals surface area contributed by atoms with Gasteiger partial charge in [0.2, 0.25) is 0 Å². The zero-order valence-electron chi connectivity index (χ0n) is 11.3. The number of benzene rings is 1. The molecule has 1 aliphatic heterocycles. The molecule has 0 bridgehead atoms. The SMILES string of the molecule is Cc1cccc(N2CCN(C(=O)c3cnon3)CC2)c1. The molecular weight excluding hydrogens is 256 g/mol. The molecule has 1 amide bonds. The average Bonchev–Trinajstić information content (AvgIpc) is 3.01. The summed E-state index contributed by atoms with van der Waals surface area (Å²) in [4.78, 5) is 16.2. The second-order valence-electron chi connectivity index (χ2n) is 4.91. The standard InChI is InChI=1S/C14H16N4O2/c1-11-3-2-4-12(9-11)17-5-7-18(8-6-17)14(19)13-10-15-20-16-13/h2-4,9-10H,5-8H2,1H3. The van der Waals surface area contributed by atoms with Gasteiger partial charge in [0.1, 0.15) is 6.20 Å². The van der Waals surface area contributed by atoms with Crippen LogP contribution in [0, 0.1) is 6.92 Å². The molecule has 3 rings (SSSR count). The smallest absolute Gasteiger partial charge is 0.277 e. The van der Waals surface area contributed by atoms with Crippen LogP contribution in [0.15, 0.2) is 35.1 Å². The minimum atomic E-state index is -0.116. The first-order valence-corrected chi connectivity index (χ1v) is 6.62.